The normalized spacial score (nSPS) is 40.3. The Kier molecular flexibility index (Phi) is 3.27. The number of hydrogen-bond acceptors (Lipinski definition) is 1. The Balaban J connectivity index is 1.59. The number of nitrogens with one attached hydrogen (secondary N) is 1. The van der Waals surface area contributed by atoms with E-state index >= 15 is 0 Å². The Morgan fingerprint density at radius 2 is 1.90 bits per heavy atom. The van der Waals surface area contributed by atoms with Crippen LogP contribution in [0.4, 0.5) is 5.69 Å². The highest BCUT2D eigenvalue weighted by molar-refractivity contribution is 9.10. The first-order chi connectivity index (χ1) is 9.96. The van der Waals surface area contributed by atoms with Crippen molar-refractivity contribution in [1.82, 2.24) is 0 Å². The number of hydrogen-bond donors (Lipinski definition) is 1. The molecule has 1 N–H and O–H groups in total. The van der Waals surface area contributed by atoms with E-state index in [1.165, 1.54) is 19.3 Å². The number of carbonyl (C=O) groups excluding carboxylic acids is 1. The van der Waals surface area contributed by atoms with Gasteiger partial charge in [0, 0.05) is 14.5 Å². The van der Waals surface area contributed by atoms with Gasteiger partial charge in [0.1, 0.15) is 0 Å². The molecule has 1 aromatic rings. The highest BCUT2D eigenvalue weighted by atomic mass is 79.9. The first-order valence-electron chi connectivity index (χ1n) is 7.72. The van der Waals surface area contributed by atoms with Crippen molar-refractivity contribution in [3.05, 3.63) is 28.7 Å². The number of alkyl halides is 1. The Bertz CT molecular complexity index is 586. The highest BCUT2D eigenvalue weighted by Crippen LogP contribution is 2.64. The minimum absolute atomic E-state index is 0.143. The summed E-state index contributed by atoms with van der Waals surface area (Å²) in [5.74, 6) is 1.70. The monoisotopic (exact) mass is 411 g/mol. The first-order valence-corrected chi connectivity index (χ1v) is 9.31. The molecule has 1 amide bonds. The van der Waals surface area contributed by atoms with Gasteiger partial charge in [0.2, 0.25) is 5.91 Å². The van der Waals surface area contributed by atoms with Crippen LogP contribution in [0.15, 0.2) is 28.7 Å². The van der Waals surface area contributed by atoms with Gasteiger partial charge in [-0.05, 0) is 68.6 Å². The van der Waals surface area contributed by atoms with Crippen LogP contribution in [0.2, 0.25) is 0 Å². The van der Waals surface area contributed by atoms with E-state index < -0.39 is 0 Å². The van der Waals surface area contributed by atoms with E-state index in [0.29, 0.717) is 0 Å². The zero-order valence-electron chi connectivity index (χ0n) is 11.9. The van der Waals surface area contributed by atoms with Gasteiger partial charge in [0.25, 0.3) is 0 Å². The predicted octanol–water partition coefficient (Wildman–Crippen LogP) is 5.12. The maximum absolute atomic E-state index is 13.0. The van der Waals surface area contributed by atoms with Gasteiger partial charge >= 0.3 is 0 Å². The number of benzene rings is 1. The van der Waals surface area contributed by atoms with Crippen LogP contribution in [0.1, 0.15) is 38.5 Å². The van der Waals surface area contributed by atoms with Crippen molar-refractivity contribution in [2.24, 2.45) is 17.3 Å². The van der Waals surface area contributed by atoms with Crippen molar-refractivity contribution in [1.29, 1.82) is 0 Å². The molecule has 4 atom stereocenters. The van der Waals surface area contributed by atoms with Crippen LogP contribution in [0.25, 0.3) is 0 Å². The first kappa shape index (κ1) is 14.3. The Morgan fingerprint density at radius 1 is 1.19 bits per heavy atom. The summed E-state index contributed by atoms with van der Waals surface area (Å²) in [4.78, 5) is 13.0. The minimum atomic E-state index is -0.143. The van der Waals surface area contributed by atoms with Gasteiger partial charge in [-0.25, -0.2) is 0 Å². The van der Waals surface area contributed by atoms with Gasteiger partial charge in [-0.15, -0.1) is 0 Å². The zero-order valence-corrected chi connectivity index (χ0v) is 15.0. The second-order valence-electron chi connectivity index (χ2n) is 7.36. The van der Waals surface area contributed by atoms with Gasteiger partial charge in [-0.3, -0.25) is 4.79 Å². The molecule has 4 heteroatoms. The van der Waals surface area contributed by atoms with Gasteiger partial charge in [0.15, 0.2) is 0 Å². The predicted molar refractivity (Wildman–Crippen MR) is 91.5 cm³/mol. The molecule has 4 aliphatic carbocycles. The standard InChI is InChI=1S/C17H19Br2NO/c18-13-2-1-3-14(5-13)20-15(21)16-6-11-4-12(7-16)9-17(19,8-11)10-16/h1-3,5,11-12H,4,6-10H2,(H,20,21)/t11-,12+,16?,17?. The lowest BCUT2D eigenvalue weighted by Crippen LogP contribution is -2.57. The molecule has 5 rings (SSSR count). The summed E-state index contributed by atoms with van der Waals surface area (Å²) in [7, 11) is 0. The summed E-state index contributed by atoms with van der Waals surface area (Å²) >= 11 is 7.44. The number of amides is 1. The van der Waals surface area contributed by atoms with Crippen molar-refractivity contribution in [2.45, 2.75) is 42.8 Å². The molecule has 0 aromatic heterocycles. The second kappa shape index (κ2) is 4.82. The fourth-order valence-electron chi connectivity index (χ4n) is 5.25. The topological polar surface area (TPSA) is 29.1 Å². The van der Waals surface area contributed by atoms with Crippen LogP contribution in [-0.2, 0) is 4.79 Å². The van der Waals surface area contributed by atoms with E-state index in [9.17, 15) is 4.79 Å². The van der Waals surface area contributed by atoms with E-state index in [-0.39, 0.29) is 15.6 Å². The lowest BCUT2D eigenvalue weighted by molar-refractivity contribution is -0.138. The summed E-state index contributed by atoms with van der Waals surface area (Å²) in [6.45, 7) is 0. The fraction of sp³-hybridized carbons (Fsp3) is 0.588. The Labute approximate surface area is 142 Å². The zero-order chi connectivity index (χ0) is 14.7. The van der Waals surface area contributed by atoms with Crippen molar-refractivity contribution in [2.75, 3.05) is 5.32 Å². The molecule has 0 spiro atoms. The number of anilines is 1. The van der Waals surface area contributed by atoms with E-state index in [1.807, 2.05) is 24.3 Å². The molecule has 4 bridgehead atoms. The summed E-state index contributed by atoms with van der Waals surface area (Å²) in [5.41, 5.74) is 0.754. The van der Waals surface area contributed by atoms with Crippen LogP contribution < -0.4 is 5.32 Å². The quantitative estimate of drug-likeness (QED) is 0.671. The van der Waals surface area contributed by atoms with Crippen molar-refractivity contribution in [3.8, 4) is 0 Å². The van der Waals surface area contributed by atoms with Crippen LogP contribution in [0.5, 0.6) is 0 Å². The molecule has 4 saturated carbocycles. The van der Waals surface area contributed by atoms with E-state index in [4.69, 9.17) is 0 Å². The lowest BCUT2D eigenvalue weighted by atomic mass is 9.49. The van der Waals surface area contributed by atoms with Crippen LogP contribution in [0, 0.1) is 17.3 Å². The maximum Gasteiger partial charge on any atom is 0.230 e. The summed E-state index contributed by atoms with van der Waals surface area (Å²) in [6.07, 6.45) is 7.02. The minimum Gasteiger partial charge on any atom is -0.326 e. The average Bonchev–Trinajstić information content (AvgIpc) is 2.35. The molecule has 21 heavy (non-hydrogen) atoms. The van der Waals surface area contributed by atoms with E-state index in [2.05, 4.69) is 37.2 Å². The summed E-state index contributed by atoms with van der Waals surface area (Å²) in [6, 6.07) is 7.88. The highest BCUT2D eigenvalue weighted by Gasteiger charge is 2.59. The second-order valence-corrected chi connectivity index (χ2v) is 9.95. The Morgan fingerprint density at radius 3 is 2.52 bits per heavy atom. The number of halogens is 2. The van der Waals surface area contributed by atoms with Gasteiger partial charge in [-0.1, -0.05) is 37.9 Å². The van der Waals surface area contributed by atoms with E-state index in [0.717, 1.165) is 41.3 Å². The number of carbonyl (C=O) groups is 1. The smallest absolute Gasteiger partial charge is 0.230 e. The average molecular weight is 413 g/mol. The van der Waals surface area contributed by atoms with Crippen LogP contribution in [0.3, 0.4) is 0 Å². The SMILES string of the molecule is O=C(Nc1cccc(Br)c1)C12C[C@@H]3C[C@@H](CC(Br)(C3)C1)C2. The molecule has 1 aromatic carbocycles. The van der Waals surface area contributed by atoms with E-state index in [1.54, 1.807) is 0 Å². The molecule has 112 valence electrons. The van der Waals surface area contributed by atoms with Crippen molar-refractivity contribution in [3.63, 3.8) is 0 Å². The van der Waals surface area contributed by atoms with Gasteiger partial charge < -0.3 is 5.32 Å². The summed E-state index contributed by atoms with van der Waals surface area (Å²) < 4.78 is 1.23. The van der Waals surface area contributed by atoms with Crippen molar-refractivity contribution >= 4 is 43.5 Å². The molecule has 4 aliphatic rings. The molecule has 2 unspecified atom stereocenters. The maximum atomic E-state index is 13.0. The third kappa shape index (κ3) is 2.48. The molecule has 0 radical (unpaired) electrons. The third-order valence-corrected chi connectivity index (χ3v) is 6.97. The van der Waals surface area contributed by atoms with Gasteiger partial charge in [-0.2, -0.15) is 0 Å². The molecule has 0 heterocycles. The Hall–Kier alpha value is -0.350. The molecule has 4 fully saturated rings. The largest absolute Gasteiger partial charge is 0.326 e. The lowest BCUT2D eigenvalue weighted by Gasteiger charge is -2.59. The fourth-order valence-corrected chi connectivity index (χ4v) is 7.10. The molecule has 2 nitrogen and oxygen atoms in total. The molecular weight excluding hydrogens is 394 g/mol. The molecule has 0 saturated heterocycles. The third-order valence-electron chi connectivity index (χ3n) is 5.55. The van der Waals surface area contributed by atoms with Crippen LogP contribution >= 0.6 is 31.9 Å². The summed E-state index contributed by atoms with van der Waals surface area (Å²) in [5, 5.41) is 3.17. The van der Waals surface area contributed by atoms with Crippen molar-refractivity contribution < 1.29 is 4.79 Å². The molecular formula is C17H19Br2NO. The molecule has 0 aliphatic heterocycles. The van der Waals surface area contributed by atoms with Gasteiger partial charge in [0.05, 0.1) is 5.41 Å². The van der Waals surface area contributed by atoms with Crippen LogP contribution in [-0.4, -0.2) is 10.2 Å². The number of rotatable bonds is 2.